The summed E-state index contributed by atoms with van der Waals surface area (Å²) >= 11 is 0. The van der Waals surface area contributed by atoms with Gasteiger partial charge in [0.05, 0.1) is 12.1 Å². The molecule has 100 valence electrons. The lowest BCUT2D eigenvalue weighted by molar-refractivity contribution is -0.178. The van der Waals surface area contributed by atoms with Gasteiger partial charge >= 0.3 is 6.18 Å². The van der Waals surface area contributed by atoms with Crippen molar-refractivity contribution < 1.29 is 17.9 Å². The molecular formula is C13H16F3NO. The Morgan fingerprint density at radius 2 is 2.00 bits per heavy atom. The lowest BCUT2D eigenvalue weighted by Gasteiger charge is -2.35. The van der Waals surface area contributed by atoms with Gasteiger partial charge in [-0.1, -0.05) is 24.3 Å². The van der Waals surface area contributed by atoms with Crippen LogP contribution in [0.4, 0.5) is 13.2 Å². The van der Waals surface area contributed by atoms with Crippen molar-refractivity contribution in [1.29, 1.82) is 0 Å². The normalized spacial score (nSPS) is 23.8. The van der Waals surface area contributed by atoms with E-state index in [-0.39, 0.29) is 6.61 Å². The highest BCUT2D eigenvalue weighted by molar-refractivity contribution is 5.35. The Labute approximate surface area is 104 Å². The summed E-state index contributed by atoms with van der Waals surface area (Å²) in [6.45, 7) is -1.34. The van der Waals surface area contributed by atoms with Gasteiger partial charge in [0.25, 0.3) is 0 Å². The van der Waals surface area contributed by atoms with Crippen LogP contribution in [0, 0.1) is 0 Å². The molecule has 0 amide bonds. The smallest absolute Gasteiger partial charge is 0.370 e. The monoisotopic (exact) mass is 259 g/mol. The van der Waals surface area contributed by atoms with Crippen molar-refractivity contribution in [2.75, 3.05) is 13.2 Å². The first-order valence-corrected chi connectivity index (χ1v) is 5.92. The van der Waals surface area contributed by atoms with Crippen LogP contribution in [-0.2, 0) is 16.7 Å². The second-order valence-electron chi connectivity index (χ2n) is 4.77. The SMILES string of the molecule is NC1(COCC(F)(F)F)CCCc2ccccc21. The predicted molar refractivity (Wildman–Crippen MR) is 62.1 cm³/mol. The highest BCUT2D eigenvalue weighted by atomic mass is 19.4. The van der Waals surface area contributed by atoms with Gasteiger partial charge < -0.3 is 10.5 Å². The number of rotatable bonds is 3. The number of halogens is 3. The number of ether oxygens (including phenoxy) is 1. The van der Waals surface area contributed by atoms with Gasteiger partial charge in [-0.3, -0.25) is 0 Å². The molecule has 0 bridgehead atoms. The molecule has 18 heavy (non-hydrogen) atoms. The predicted octanol–water partition coefficient (Wildman–Crippen LogP) is 2.76. The third kappa shape index (κ3) is 3.03. The van der Waals surface area contributed by atoms with E-state index in [0.29, 0.717) is 6.42 Å². The Kier molecular flexibility index (Phi) is 3.64. The van der Waals surface area contributed by atoms with Crippen molar-refractivity contribution in [2.24, 2.45) is 5.73 Å². The van der Waals surface area contributed by atoms with Crippen LogP contribution in [-0.4, -0.2) is 19.4 Å². The quantitative estimate of drug-likeness (QED) is 0.905. The van der Waals surface area contributed by atoms with Crippen molar-refractivity contribution in [1.82, 2.24) is 0 Å². The van der Waals surface area contributed by atoms with E-state index in [0.717, 1.165) is 24.0 Å². The average Bonchev–Trinajstić information content (AvgIpc) is 2.28. The van der Waals surface area contributed by atoms with Crippen LogP contribution in [0.3, 0.4) is 0 Å². The van der Waals surface area contributed by atoms with Crippen LogP contribution in [0.15, 0.2) is 24.3 Å². The summed E-state index contributed by atoms with van der Waals surface area (Å²) < 4.78 is 40.9. The molecule has 0 fully saturated rings. The molecule has 5 heteroatoms. The van der Waals surface area contributed by atoms with Crippen LogP contribution in [0.2, 0.25) is 0 Å². The Morgan fingerprint density at radius 1 is 1.28 bits per heavy atom. The zero-order valence-corrected chi connectivity index (χ0v) is 9.96. The molecule has 0 heterocycles. The van der Waals surface area contributed by atoms with Crippen molar-refractivity contribution in [3.63, 3.8) is 0 Å². The number of aryl methyl sites for hydroxylation is 1. The molecule has 0 saturated heterocycles. The molecular weight excluding hydrogens is 243 g/mol. The fourth-order valence-corrected chi connectivity index (χ4v) is 2.45. The summed E-state index contributed by atoms with van der Waals surface area (Å²) in [4.78, 5) is 0. The number of fused-ring (bicyclic) bond motifs is 1. The Hall–Kier alpha value is -1.07. The van der Waals surface area contributed by atoms with Crippen LogP contribution >= 0.6 is 0 Å². The molecule has 2 N–H and O–H groups in total. The lowest BCUT2D eigenvalue weighted by Crippen LogP contribution is -2.45. The summed E-state index contributed by atoms with van der Waals surface area (Å²) in [6.07, 6.45) is -1.84. The van der Waals surface area contributed by atoms with E-state index in [2.05, 4.69) is 0 Å². The maximum absolute atomic E-state index is 12.1. The van der Waals surface area contributed by atoms with E-state index in [1.54, 1.807) is 0 Å². The zero-order valence-electron chi connectivity index (χ0n) is 9.96. The average molecular weight is 259 g/mol. The first-order valence-electron chi connectivity index (χ1n) is 5.92. The second-order valence-corrected chi connectivity index (χ2v) is 4.77. The van der Waals surface area contributed by atoms with E-state index in [1.165, 1.54) is 0 Å². The summed E-state index contributed by atoms with van der Waals surface area (Å²) in [5, 5.41) is 0. The van der Waals surface area contributed by atoms with Gasteiger partial charge in [-0.15, -0.1) is 0 Å². The topological polar surface area (TPSA) is 35.2 Å². The Balaban J connectivity index is 2.08. The number of hydrogen-bond acceptors (Lipinski definition) is 2. The van der Waals surface area contributed by atoms with Gasteiger partial charge in [0.15, 0.2) is 0 Å². The van der Waals surface area contributed by atoms with Gasteiger partial charge in [0, 0.05) is 0 Å². The summed E-state index contributed by atoms with van der Waals surface area (Å²) in [5.41, 5.74) is 7.44. The van der Waals surface area contributed by atoms with E-state index in [1.807, 2.05) is 24.3 Å². The molecule has 2 rings (SSSR count). The van der Waals surface area contributed by atoms with E-state index in [4.69, 9.17) is 10.5 Å². The molecule has 0 saturated carbocycles. The minimum atomic E-state index is -4.30. The Morgan fingerprint density at radius 3 is 2.72 bits per heavy atom. The first kappa shape index (κ1) is 13.4. The third-order valence-corrected chi connectivity index (χ3v) is 3.25. The van der Waals surface area contributed by atoms with Crippen molar-refractivity contribution in [3.05, 3.63) is 35.4 Å². The molecule has 0 radical (unpaired) electrons. The van der Waals surface area contributed by atoms with Crippen LogP contribution in [0.5, 0.6) is 0 Å². The zero-order chi connectivity index (χ0) is 13.2. The molecule has 1 aliphatic carbocycles. The standard InChI is InChI=1S/C13H16F3NO/c14-13(15,16)9-18-8-12(17)7-3-5-10-4-1-2-6-11(10)12/h1-2,4,6H,3,5,7-9,17H2. The van der Waals surface area contributed by atoms with E-state index in [9.17, 15) is 13.2 Å². The van der Waals surface area contributed by atoms with E-state index >= 15 is 0 Å². The largest absolute Gasteiger partial charge is 0.411 e. The minimum absolute atomic E-state index is 0.0937. The molecule has 0 spiro atoms. The lowest BCUT2D eigenvalue weighted by atomic mass is 9.78. The van der Waals surface area contributed by atoms with Crippen LogP contribution < -0.4 is 5.73 Å². The number of benzene rings is 1. The Bertz CT molecular complexity index is 419. The molecule has 1 aromatic rings. The summed E-state index contributed by atoms with van der Waals surface area (Å²) in [5.74, 6) is 0. The van der Waals surface area contributed by atoms with Gasteiger partial charge in [-0.2, -0.15) is 13.2 Å². The maximum atomic E-state index is 12.1. The highest BCUT2D eigenvalue weighted by Gasteiger charge is 2.35. The molecule has 0 aliphatic heterocycles. The molecule has 0 aromatic heterocycles. The fraction of sp³-hybridized carbons (Fsp3) is 0.538. The van der Waals surface area contributed by atoms with Crippen molar-refractivity contribution in [3.8, 4) is 0 Å². The van der Waals surface area contributed by atoms with Crippen molar-refractivity contribution in [2.45, 2.75) is 31.0 Å². The maximum Gasteiger partial charge on any atom is 0.411 e. The fourth-order valence-electron chi connectivity index (χ4n) is 2.45. The third-order valence-electron chi connectivity index (χ3n) is 3.25. The number of alkyl halides is 3. The molecule has 1 unspecified atom stereocenters. The second kappa shape index (κ2) is 4.90. The van der Waals surface area contributed by atoms with Gasteiger partial charge in [0.1, 0.15) is 6.61 Å². The molecule has 2 nitrogen and oxygen atoms in total. The van der Waals surface area contributed by atoms with Gasteiger partial charge in [-0.05, 0) is 30.4 Å². The number of hydrogen-bond donors (Lipinski definition) is 1. The summed E-state index contributed by atoms with van der Waals surface area (Å²) in [6, 6.07) is 7.63. The van der Waals surface area contributed by atoms with Gasteiger partial charge in [-0.25, -0.2) is 0 Å². The van der Waals surface area contributed by atoms with Crippen molar-refractivity contribution >= 4 is 0 Å². The van der Waals surface area contributed by atoms with E-state index < -0.39 is 18.3 Å². The summed E-state index contributed by atoms with van der Waals surface area (Å²) in [7, 11) is 0. The number of nitrogens with two attached hydrogens (primary N) is 1. The molecule has 1 aromatic carbocycles. The van der Waals surface area contributed by atoms with Crippen LogP contribution in [0.25, 0.3) is 0 Å². The molecule has 1 aliphatic rings. The minimum Gasteiger partial charge on any atom is -0.370 e. The first-order chi connectivity index (χ1) is 8.41. The van der Waals surface area contributed by atoms with Crippen LogP contribution in [0.1, 0.15) is 24.0 Å². The highest BCUT2D eigenvalue weighted by Crippen LogP contribution is 2.33. The van der Waals surface area contributed by atoms with Gasteiger partial charge in [0.2, 0.25) is 0 Å². The molecule has 1 atom stereocenters.